The van der Waals surface area contributed by atoms with Crippen LogP contribution in [-0.2, 0) is 0 Å². The summed E-state index contributed by atoms with van der Waals surface area (Å²) >= 11 is 0. The molecule has 0 spiro atoms. The van der Waals surface area contributed by atoms with Gasteiger partial charge in [-0.25, -0.2) is 4.98 Å². The number of imidazole rings is 1. The van der Waals surface area contributed by atoms with Gasteiger partial charge in [0.2, 0.25) is 6.04 Å². The Bertz CT molecular complexity index is 832. The van der Waals surface area contributed by atoms with E-state index in [2.05, 4.69) is 21.7 Å². The summed E-state index contributed by atoms with van der Waals surface area (Å²) in [4.78, 5) is 16.1. The molecule has 0 amide bonds. The highest BCUT2D eigenvalue weighted by molar-refractivity contribution is 5.68. The number of hydrogen-bond donors (Lipinski definition) is 1. The highest BCUT2D eigenvalue weighted by Crippen LogP contribution is 2.43. The van der Waals surface area contributed by atoms with E-state index < -0.39 is 6.04 Å². The van der Waals surface area contributed by atoms with Gasteiger partial charge < -0.3 is 9.67 Å². The molecular formula is C20H23N3O3. The number of rotatable bonds is 5. The lowest BCUT2D eigenvalue weighted by Gasteiger charge is -2.28. The minimum atomic E-state index is -0.558. The molecule has 2 aliphatic rings. The fraction of sp³-hybridized carbons (Fsp3) is 0.450. The van der Waals surface area contributed by atoms with Gasteiger partial charge >= 0.3 is 0 Å². The number of fused-ring (bicyclic) bond motifs is 3. The quantitative estimate of drug-likeness (QED) is 0.506. The first-order valence-corrected chi connectivity index (χ1v) is 9.22. The molecule has 1 fully saturated rings. The molecule has 6 heteroatoms. The summed E-state index contributed by atoms with van der Waals surface area (Å²) in [5.74, 6) is 0.0839. The predicted octanol–water partition coefficient (Wildman–Crippen LogP) is 3.60. The second kappa shape index (κ2) is 7.03. The highest BCUT2D eigenvalue weighted by Gasteiger charge is 2.39. The molecule has 1 N–H and O–H groups in total. The zero-order chi connectivity index (χ0) is 18.1. The van der Waals surface area contributed by atoms with Crippen molar-refractivity contribution in [3.63, 3.8) is 0 Å². The van der Waals surface area contributed by atoms with E-state index in [1.807, 2.05) is 24.4 Å². The number of nitrogens with zero attached hydrogens (tertiary/aromatic N) is 3. The van der Waals surface area contributed by atoms with Gasteiger partial charge in [-0.2, -0.15) is 0 Å². The monoisotopic (exact) mass is 353 g/mol. The Morgan fingerprint density at radius 1 is 1.35 bits per heavy atom. The van der Waals surface area contributed by atoms with Crippen molar-refractivity contribution in [2.75, 3.05) is 6.61 Å². The molecule has 2 heterocycles. The predicted molar refractivity (Wildman–Crippen MR) is 98.3 cm³/mol. The minimum absolute atomic E-state index is 0.0199. The average molecular weight is 353 g/mol. The molecule has 4 rings (SSSR count). The second-order valence-corrected chi connectivity index (χ2v) is 7.26. The standard InChI is InChI=1S/C20H23N3O3/c24-10-9-14-5-7-15(8-6-14)18(23(25)26)11-19-16-3-1-2-4-17(16)20-12-21-13-22(19)20/h1-4,9,12-13,15,18-19,24H,5-8,10-11H2. The van der Waals surface area contributed by atoms with Crippen LogP contribution < -0.4 is 0 Å². The topological polar surface area (TPSA) is 81.2 Å². The summed E-state index contributed by atoms with van der Waals surface area (Å²) in [6.07, 6.45) is 9.33. The zero-order valence-corrected chi connectivity index (χ0v) is 14.6. The van der Waals surface area contributed by atoms with Gasteiger partial charge in [0.15, 0.2) is 0 Å². The summed E-state index contributed by atoms with van der Waals surface area (Å²) in [7, 11) is 0. The number of hydrogen-bond acceptors (Lipinski definition) is 4. The molecule has 136 valence electrons. The smallest absolute Gasteiger partial charge is 0.218 e. The van der Waals surface area contributed by atoms with Gasteiger partial charge in [-0.15, -0.1) is 0 Å². The molecule has 0 radical (unpaired) electrons. The van der Waals surface area contributed by atoms with Gasteiger partial charge in [0.05, 0.1) is 30.9 Å². The summed E-state index contributed by atoms with van der Waals surface area (Å²) in [6, 6.07) is 7.56. The van der Waals surface area contributed by atoms with Crippen LogP contribution in [0.4, 0.5) is 0 Å². The minimum Gasteiger partial charge on any atom is -0.392 e. The van der Waals surface area contributed by atoms with Crippen LogP contribution >= 0.6 is 0 Å². The van der Waals surface area contributed by atoms with Crippen LogP contribution in [0.5, 0.6) is 0 Å². The molecule has 0 bridgehead atoms. The van der Waals surface area contributed by atoms with Crippen LogP contribution in [0, 0.1) is 16.0 Å². The van der Waals surface area contributed by atoms with Crippen LogP contribution in [-0.4, -0.2) is 32.2 Å². The fourth-order valence-corrected chi connectivity index (χ4v) is 4.58. The summed E-state index contributed by atoms with van der Waals surface area (Å²) in [6.45, 7) is 0.0565. The molecule has 0 saturated heterocycles. The first-order chi connectivity index (χ1) is 12.7. The van der Waals surface area contributed by atoms with Gasteiger partial charge in [0, 0.05) is 22.8 Å². The Kier molecular flexibility index (Phi) is 4.59. The molecule has 2 atom stereocenters. The Balaban J connectivity index is 1.57. The molecule has 2 unspecified atom stereocenters. The van der Waals surface area contributed by atoms with Crippen molar-refractivity contribution in [3.8, 4) is 11.3 Å². The summed E-state index contributed by atoms with van der Waals surface area (Å²) < 4.78 is 2.08. The third-order valence-corrected chi connectivity index (χ3v) is 5.93. The first kappa shape index (κ1) is 17.0. The second-order valence-electron chi connectivity index (χ2n) is 7.26. The van der Waals surface area contributed by atoms with Crippen molar-refractivity contribution in [2.24, 2.45) is 5.92 Å². The van der Waals surface area contributed by atoms with Crippen LogP contribution in [0.25, 0.3) is 11.3 Å². The Hall–Kier alpha value is -2.47. The van der Waals surface area contributed by atoms with Gasteiger partial charge in [-0.1, -0.05) is 35.9 Å². The van der Waals surface area contributed by atoms with E-state index in [9.17, 15) is 10.1 Å². The van der Waals surface area contributed by atoms with Crippen molar-refractivity contribution >= 4 is 0 Å². The van der Waals surface area contributed by atoms with Crippen LogP contribution in [0.1, 0.15) is 43.7 Å². The van der Waals surface area contributed by atoms with E-state index in [4.69, 9.17) is 5.11 Å². The van der Waals surface area contributed by atoms with Crippen molar-refractivity contribution in [1.29, 1.82) is 0 Å². The van der Waals surface area contributed by atoms with E-state index >= 15 is 0 Å². The normalized spacial score (nSPS) is 22.6. The van der Waals surface area contributed by atoms with E-state index in [0.717, 1.165) is 42.5 Å². The SMILES string of the molecule is O=[N+]([O-])C(CC1c2ccccc2-c2cncn21)C1CCC(=CCO)CC1. The molecule has 1 aromatic carbocycles. The van der Waals surface area contributed by atoms with Crippen molar-refractivity contribution in [1.82, 2.24) is 9.55 Å². The van der Waals surface area contributed by atoms with Gasteiger partial charge in [-0.05, 0) is 31.2 Å². The van der Waals surface area contributed by atoms with E-state index in [1.165, 1.54) is 5.57 Å². The number of allylic oxidation sites excluding steroid dienone is 1. The molecule has 1 aliphatic heterocycles. The molecule has 1 saturated carbocycles. The molecular weight excluding hydrogens is 330 g/mol. The van der Waals surface area contributed by atoms with Crippen molar-refractivity contribution < 1.29 is 10.0 Å². The van der Waals surface area contributed by atoms with E-state index in [-0.39, 0.29) is 23.5 Å². The van der Waals surface area contributed by atoms with E-state index in [1.54, 1.807) is 6.33 Å². The molecule has 1 aromatic heterocycles. The van der Waals surface area contributed by atoms with Crippen LogP contribution in [0.2, 0.25) is 0 Å². The first-order valence-electron chi connectivity index (χ1n) is 9.22. The molecule has 6 nitrogen and oxygen atoms in total. The maximum Gasteiger partial charge on any atom is 0.218 e. The van der Waals surface area contributed by atoms with Crippen LogP contribution in [0.3, 0.4) is 0 Å². The van der Waals surface area contributed by atoms with Crippen LogP contribution in [0.15, 0.2) is 48.4 Å². The zero-order valence-electron chi connectivity index (χ0n) is 14.6. The number of aromatic nitrogens is 2. The van der Waals surface area contributed by atoms with Crippen molar-refractivity contribution in [2.45, 2.75) is 44.2 Å². The van der Waals surface area contributed by atoms with Crippen molar-refractivity contribution in [3.05, 3.63) is 64.1 Å². The number of aliphatic hydroxyl groups excluding tert-OH is 1. The number of nitro groups is 1. The van der Waals surface area contributed by atoms with Gasteiger partial charge in [-0.3, -0.25) is 10.1 Å². The average Bonchev–Trinajstić information content (AvgIpc) is 3.22. The third kappa shape index (κ3) is 2.94. The largest absolute Gasteiger partial charge is 0.392 e. The third-order valence-electron chi connectivity index (χ3n) is 5.93. The van der Waals surface area contributed by atoms with Gasteiger partial charge in [0.25, 0.3) is 0 Å². The lowest BCUT2D eigenvalue weighted by Crippen LogP contribution is -2.33. The highest BCUT2D eigenvalue weighted by atomic mass is 16.6. The molecule has 1 aliphatic carbocycles. The Morgan fingerprint density at radius 2 is 2.12 bits per heavy atom. The molecule has 2 aromatic rings. The Labute approximate surface area is 152 Å². The lowest BCUT2D eigenvalue weighted by molar-refractivity contribution is -0.534. The number of aliphatic hydroxyl groups is 1. The van der Waals surface area contributed by atoms with Gasteiger partial charge in [0.1, 0.15) is 0 Å². The summed E-state index contributed by atoms with van der Waals surface area (Å²) in [5, 5.41) is 20.9. The van der Waals surface area contributed by atoms with E-state index in [0.29, 0.717) is 6.42 Å². The number of benzene rings is 1. The Morgan fingerprint density at radius 3 is 2.85 bits per heavy atom. The maximum absolute atomic E-state index is 11.9. The fourth-order valence-electron chi connectivity index (χ4n) is 4.58. The summed E-state index contributed by atoms with van der Waals surface area (Å²) in [5.41, 5.74) is 4.57. The molecule has 26 heavy (non-hydrogen) atoms. The lowest BCUT2D eigenvalue weighted by atomic mass is 9.79. The maximum atomic E-state index is 11.9.